The van der Waals surface area contributed by atoms with Gasteiger partial charge in [-0.3, -0.25) is 14.6 Å². The number of nitrogens with one attached hydrogen (secondary N) is 2. The van der Waals surface area contributed by atoms with Gasteiger partial charge in [-0.25, -0.2) is 14.6 Å². The number of nitrogens with zero attached hydrogens (tertiary/aromatic N) is 2. The van der Waals surface area contributed by atoms with Gasteiger partial charge in [0.1, 0.15) is 28.3 Å². The number of aliphatic imine (C=N–C) groups is 1. The summed E-state index contributed by atoms with van der Waals surface area (Å²) in [5.74, 6) is -0.852. The van der Waals surface area contributed by atoms with Crippen molar-refractivity contribution in [3.63, 3.8) is 0 Å². The topological polar surface area (TPSA) is 145 Å². The molecule has 0 fully saturated rings. The lowest BCUT2D eigenvalue weighted by molar-refractivity contribution is -0.156. The average Bonchev–Trinajstić information content (AvgIpc) is 3.69. The molecule has 2 heterocycles. The molecule has 2 amide bonds. The van der Waals surface area contributed by atoms with Crippen LogP contribution < -0.4 is 10.6 Å². The summed E-state index contributed by atoms with van der Waals surface area (Å²) >= 11 is 3.21. The summed E-state index contributed by atoms with van der Waals surface area (Å²) in [6.45, 7) is 17.9. The highest BCUT2D eigenvalue weighted by Gasteiger charge is 2.42. The number of allylic oxidation sites excluding steroid dienone is 1. The molecule has 14 heteroatoms. The van der Waals surface area contributed by atoms with Gasteiger partial charge in [0.2, 0.25) is 5.91 Å². The van der Waals surface area contributed by atoms with Gasteiger partial charge in [0.15, 0.2) is 0 Å². The molecule has 0 bridgehead atoms. The van der Waals surface area contributed by atoms with E-state index in [9.17, 15) is 19.2 Å². The van der Waals surface area contributed by atoms with Gasteiger partial charge in [0.05, 0.1) is 35.7 Å². The van der Waals surface area contributed by atoms with Crippen molar-refractivity contribution in [2.45, 2.75) is 115 Å². The molecule has 1 aliphatic rings. The van der Waals surface area contributed by atoms with E-state index >= 15 is 0 Å². The lowest BCUT2D eigenvalue weighted by Gasteiger charge is -2.35. The van der Waals surface area contributed by atoms with Gasteiger partial charge in [0, 0.05) is 13.8 Å². The molecule has 5 rings (SSSR count). The van der Waals surface area contributed by atoms with Crippen LogP contribution in [0.4, 0.5) is 4.79 Å². The molecular formula is C52H66N4O7S2Si. The minimum absolute atomic E-state index is 0.152. The Kier molecular flexibility index (Phi) is 18.5. The zero-order valence-electron chi connectivity index (χ0n) is 39.8. The smallest absolute Gasteiger partial charge is 0.407 e. The first-order valence-electron chi connectivity index (χ1n) is 22.6. The Bertz CT molecular complexity index is 2200. The first-order chi connectivity index (χ1) is 31.3. The molecule has 3 aromatic carbocycles. The van der Waals surface area contributed by atoms with Crippen molar-refractivity contribution >= 4 is 60.6 Å². The van der Waals surface area contributed by atoms with Crippen LogP contribution in [0.2, 0.25) is 25.7 Å². The van der Waals surface area contributed by atoms with Crippen LogP contribution in [0.15, 0.2) is 126 Å². The summed E-state index contributed by atoms with van der Waals surface area (Å²) in [5.41, 5.74) is 2.81. The standard InChI is InChI=1S/C52H66N4O7S2Si/c1-37(2)45(55-48(59)51(6)36-64-46(56-51)43-30-21-28-41(54-43)35-53-49(60)63-50(3,4)5)47(58)62-42(34-44(57)61-31-33-66(7,8)9)29-19-20-32-65-52(38-22-13-10-14-23-38,39-24-15-11-16-25-39)40-26-17-12-18-27-40/h10-19,21-30,37,42,45H,20,31-36H2,1-9H3,(H,53,60)(H,55,59)/b29-19+/t42?,45-,51-/m0/s1. The first-order valence-corrected chi connectivity index (χ1v) is 28.3. The van der Waals surface area contributed by atoms with Crippen LogP contribution in [0.5, 0.6) is 0 Å². The number of aromatic nitrogens is 1. The second-order valence-corrected chi connectivity index (χ2v) is 27.0. The molecule has 0 saturated heterocycles. The summed E-state index contributed by atoms with van der Waals surface area (Å²) in [4.78, 5) is 63.0. The largest absolute Gasteiger partial charge is 0.466 e. The van der Waals surface area contributed by atoms with Gasteiger partial charge >= 0.3 is 18.0 Å². The molecule has 352 valence electrons. The Labute approximate surface area is 400 Å². The molecule has 66 heavy (non-hydrogen) atoms. The van der Waals surface area contributed by atoms with Crippen LogP contribution >= 0.6 is 23.5 Å². The lowest BCUT2D eigenvalue weighted by atomic mass is 9.84. The molecule has 2 N–H and O–H groups in total. The number of alkyl carbamates (subject to hydrolysis) is 1. The van der Waals surface area contributed by atoms with Crippen molar-refractivity contribution in [2.24, 2.45) is 10.9 Å². The van der Waals surface area contributed by atoms with Crippen LogP contribution in [0.1, 0.15) is 82.5 Å². The summed E-state index contributed by atoms with van der Waals surface area (Å²) in [6.07, 6.45) is 2.71. The third kappa shape index (κ3) is 15.2. The van der Waals surface area contributed by atoms with Gasteiger partial charge in [0.25, 0.3) is 0 Å². The van der Waals surface area contributed by atoms with Crippen molar-refractivity contribution in [1.29, 1.82) is 0 Å². The van der Waals surface area contributed by atoms with E-state index in [0.29, 0.717) is 41.0 Å². The molecule has 0 radical (unpaired) electrons. The highest BCUT2D eigenvalue weighted by atomic mass is 32.2. The van der Waals surface area contributed by atoms with E-state index < -0.39 is 60.0 Å². The summed E-state index contributed by atoms with van der Waals surface area (Å²) in [7, 11) is -1.46. The minimum atomic E-state index is -1.46. The SMILES string of the molecule is CC(C)[C@H](NC(=O)[C@]1(C)CSC(c2cccc(CNC(=O)OC(C)(C)C)n2)=N1)C(=O)OC(/C=C/CCSC(c1ccccc1)(c1ccccc1)c1ccccc1)CC(=O)OCC[Si](C)(C)C. The third-order valence-electron chi connectivity index (χ3n) is 10.6. The summed E-state index contributed by atoms with van der Waals surface area (Å²) < 4.78 is 16.6. The molecule has 0 aliphatic carbocycles. The number of hydrogen-bond donors (Lipinski definition) is 2. The zero-order valence-corrected chi connectivity index (χ0v) is 42.4. The van der Waals surface area contributed by atoms with Crippen molar-refractivity contribution in [3.05, 3.63) is 149 Å². The number of benzene rings is 3. The second-order valence-electron chi connectivity index (χ2n) is 19.1. The van der Waals surface area contributed by atoms with Crippen LogP contribution in [0, 0.1) is 5.92 Å². The van der Waals surface area contributed by atoms with Crippen LogP contribution in [0.25, 0.3) is 0 Å². The highest BCUT2D eigenvalue weighted by molar-refractivity contribution is 8.14. The number of esters is 2. The molecule has 11 nitrogen and oxygen atoms in total. The van der Waals surface area contributed by atoms with E-state index in [4.69, 9.17) is 19.2 Å². The lowest BCUT2D eigenvalue weighted by Crippen LogP contribution is -2.53. The maximum absolute atomic E-state index is 14.1. The second kappa shape index (κ2) is 23.5. The normalized spacial score (nSPS) is 16.3. The van der Waals surface area contributed by atoms with E-state index in [-0.39, 0.29) is 18.9 Å². The number of amides is 2. The number of carbonyl (C=O) groups is 4. The van der Waals surface area contributed by atoms with Gasteiger partial charge in [-0.1, -0.05) is 137 Å². The number of hydrogen-bond acceptors (Lipinski definition) is 11. The van der Waals surface area contributed by atoms with E-state index in [1.165, 1.54) is 11.8 Å². The number of rotatable bonds is 21. The van der Waals surface area contributed by atoms with Gasteiger partial charge in [-0.15, -0.1) is 23.5 Å². The molecule has 0 spiro atoms. The molecule has 3 atom stereocenters. The number of pyridine rings is 1. The fourth-order valence-electron chi connectivity index (χ4n) is 7.08. The molecule has 1 aromatic heterocycles. The summed E-state index contributed by atoms with van der Waals surface area (Å²) in [6, 6.07) is 36.7. The Morgan fingerprint density at radius 2 is 1.45 bits per heavy atom. The van der Waals surface area contributed by atoms with Gasteiger partial charge < -0.3 is 24.8 Å². The fourth-order valence-corrected chi connectivity index (χ4v) is 10.4. The van der Waals surface area contributed by atoms with Crippen molar-refractivity contribution in [2.75, 3.05) is 18.1 Å². The van der Waals surface area contributed by atoms with Gasteiger partial charge in [-0.05, 0) is 86.7 Å². The quantitative estimate of drug-likeness (QED) is 0.0207. The predicted octanol–water partition coefficient (Wildman–Crippen LogP) is 10.4. The Balaban J connectivity index is 1.30. The number of ether oxygens (including phenoxy) is 3. The van der Waals surface area contributed by atoms with Crippen molar-refractivity contribution in [3.8, 4) is 0 Å². The molecule has 1 aliphatic heterocycles. The number of carbonyl (C=O) groups excluding carboxylic acids is 4. The predicted molar refractivity (Wildman–Crippen MR) is 271 cm³/mol. The van der Waals surface area contributed by atoms with Crippen LogP contribution in [0.3, 0.4) is 0 Å². The van der Waals surface area contributed by atoms with Crippen LogP contribution in [-0.2, 0) is 39.9 Å². The van der Waals surface area contributed by atoms with E-state index in [2.05, 4.69) is 108 Å². The molecular weight excluding hydrogens is 885 g/mol. The minimum Gasteiger partial charge on any atom is -0.466 e. The Hall–Kier alpha value is -5.18. The monoisotopic (exact) mass is 950 g/mol. The molecule has 1 unspecified atom stereocenters. The summed E-state index contributed by atoms with van der Waals surface area (Å²) in [5, 5.41) is 6.22. The van der Waals surface area contributed by atoms with Gasteiger partial charge in [-0.2, -0.15) is 0 Å². The zero-order chi connectivity index (χ0) is 48.0. The maximum atomic E-state index is 14.1. The molecule has 0 saturated carbocycles. The maximum Gasteiger partial charge on any atom is 0.407 e. The van der Waals surface area contributed by atoms with E-state index in [1.807, 2.05) is 56.0 Å². The Morgan fingerprint density at radius 3 is 2.00 bits per heavy atom. The first kappa shape index (κ1) is 51.8. The van der Waals surface area contributed by atoms with Crippen molar-refractivity contribution in [1.82, 2.24) is 15.6 Å². The number of thioether (sulfide) groups is 2. The third-order valence-corrected chi connectivity index (χ3v) is 15.2. The van der Waals surface area contributed by atoms with Crippen LogP contribution in [-0.4, -0.2) is 83.4 Å². The van der Waals surface area contributed by atoms with Crippen molar-refractivity contribution < 1.29 is 33.4 Å². The van der Waals surface area contributed by atoms with E-state index in [0.717, 1.165) is 22.7 Å². The van der Waals surface area contributed by atoms with E-state index in [1.54, 1.807) is 45.9 Å². The average molecular weight is 951 g/mol. The molecule has 4 aromatic rings. The fraction of sp³-hybridized carbons (Fsp3) is 0.423. The highest BCUT2D eigenvalue weighted by Crippen LogP contribution is 2.48. The Morgan fingerprint density at radius 1 is 0.864 bits per heavy atom.